The summed E-state index contributed by atoms with van der Waals surface area (Å²) in [5, 5.41) is 3.76. The molecule has 0 aliphatic heterocycles. The van der Waals surface area contributed by atoms with E-state index in [1.807, 2.05) is 87.5 Å². The van der Waals surface area contributed by atoms with Gasteiger partial charge in [0.25, 0.3) is 5.91 Å². The fourth-order valence-corrected chi connectivity index (χ4v) is 3.36. The number of rotatable bonds is 5. The SMILES string of the molecule is CCOc1ccc2oc(-c3ccccc3)c(C(=O)Nc3ccc(C)c(C)c3)c2c1. The van der Waals surface area contributed by atoms with Gasteiger partial charge in [0.2, 0.25) is 0 Å². The number of nitrogens with one attached hydrogen (secondary N) is 1. The number of hydrogen-bond acceptors (Lipinski definition) is 3. The fourth-order valence-electron chi connectivity index (χ4n) is 3.36. The summed E-state index contributed by atoms with van der Waals surface area (Å²) in [6.07, 6.45) is 0. The van der Waals surface area contributed by atoms with Gasteiger partial charge in [-0.25, -0.2) is 0 Å². The van der Waals surface area contributed by atoms with Crippen LogP contribution in [0.5, 0.6) is 5.75 Å². The van der Waals surface area contributed by atoms with E-state index in [1.165, 1.54) is 5.56 Å². The molecule has 4 aromatic rings. The summed E-state index contributed by atoms with van der Waals surface area (Å²) >= 11 is 0. The van der Waals surface area contributed by atoms with Crippen LogP contribution in [0.2, 0.25) is 0 Å². The Morgan fingerprint density at radius 2 is 1.76 bits per heavy atom. The zero-order valence-electron chi connectivity index (χ0n) is 16.8. The van der Waals surface area contributed by atoms with E-state index in [1.54, 1.807) is 0 Å². The van der Waals surface area contributed by atoms with Crippen LogP contribution in [0.15, 0.2) is 71.1 Å². The van der Waals surface area contributed by atoms with E-state index in [0.29, 0.717) is 29.3 Å². The van der Waals surface area contributed by atoms with E-state index in [4.69, 9.17) is 9.15 Å². The molecule has 4 nitrogen and oxygen atoms in total. The van der Waals surface area contributed by atoms with Gasteiger partial charge >= 0.3 is 0 Å². The maximum Gasteiger partial charge on any atom is 0.260 e. The van der Waals surface area contributed by atoms with Crippen molar-refractivity contribution in [3.63, 3.8) is 0 Å². The molecule has 0 radical (unpaired) electrons. The molecular formula is C25H23NO3. The monoisotopic (exact) mass is 385 g/mol. The lowest BCUT2D eigenvalue weighted by Crippen LogP contribution is -2.12. The Labute approximate surface area is 170 Å². The zero-order chi connectivity index (χ0) is 20.4. The van der Waals surface area contributed by atoms with E-state index in [2.05, 4.69) is 5.32 Å². The molecule has 1 amide bonds. The van der Waals surface area contributed by atoms with Crippen LogP contribution in [0, 0.1) is 13.8 Å². The molecule has 0 saturated heterocycles. The van der Waals surface area contributed by atoms with Crippen LogP contribution in [-0.2, 0) is 0 Å². The second-order valence-electron chi connectivity index (χ2n) is 7.02. The summed E-state index contributed by atoms with van der Waals surface area (Å²) < 4.78 is 11.7. The first-order valence-corrected chi connectivity index (χ1v) is 9.70. The van der Waals surface area contributed by atoms with Crippen LogP contribution in [0.3, 0.4) is 0 Å². The van der Waals surface area contributed by atoms with Crippen molar-refractivity contribution < 1.29 is 13.9 Å². The molecule has 0 spiro atoms. The fraction of sp³-hybridized carbons (Fsp3) is 0.160. The molecule has 1 N–H and O–H groups in total. The normalized spacial score (nSPS) is 10.9. The molecule has 0 atom stereocenters. The van der Waals surface area contributed by atoms with Gasteiger partial charge < -0.3 is 14.5 Å². The topological polar surface area (TPSA) is 51.5 Å². The number of carbonyl (C=O) groups is 1. The van der Waals surface area contributed by atoms with E-state index in [0.717, 1.165) is 22.2 Å². The minimum absolute atomic E-state index is 0.209. The van der Waals surface area contributed by atoms with Crippen LogP contribution in [0.25, 0.3) is 22.3 Å². The molecule has 3 aromatic carbocycles. The largest absolute Gasteiger partial charge is 0.494 e. The number of carbonyl (C=O) groups excluding carboxylic acids is 1. The lowest BCUT2D eigenvalue weighted by Gasteiger charge is -2.09. The quantitative estimate of drug-likeness (QED) is 0.434. The first-order valence-electron chi connectivity index (χ1n) is 9.70. The summed E-state index contributed by atoms with van der Waals surface area (Å²) in [5.41, 5.74) is 5.08. The predicted octanol–water partition coefficient (Wildman–Crippen LogP) is 6.37. The lowest BCUT2D eigenvalue weighted by atomic mass is 10.0. The highest BCUT2D eigenvalue weighted by Crippen LogP contribution is 2.36. The summed E-state index contributed by atoms with van der Waals surface area (Å²) in [7, 11) is 0. The number of aryl methyl sites for hydroxylation is 2. The zero-order valence-corrected chi connectivity index (χ0v) is 16.8. The Bertz CT molecular complexity index is 1180. The Kier molecular flexibility index (Phi) is 5.09. The Morgan fingerprint density at radius 3 is 2.48 bits per heavy atom. The smallest absolute Gasteiger partial charge is 0.260 e. The molecule has 29 heavy (non-hydrogen) atoms. The van der Waals surface area contributed by atoms with Crippen molar-refractivity contribution in [2.75, 3.05) is 11.9 Å². The molecule has 0 aliphatic carbocycles. The molecule has 1 aromatic heterocycles. The molecule has 0 fully saturated rings. The molecule has 1 heterocycles. The van der Waals surface area contributed by atoms with Crippen molar-refractivity contribution in [2.24, 2.45) is 0 Å². The number of amides is 1. The third-order valence-corrected chi connectivity index (χ3v) is 5.00. The van der Waals surface area contributed by atoms with Crippen molar-refractivity contribution in [2.45, 2.75) is 20.8 Å². The van der Waals surface area contributed by atoms with Crippen LogP contribution in [0.1, 0.15) is 28.4 Å². The molecule has 0 unspecified atom stereocenters. The molecule has 0 bridgehead atoms. The van der Waals surface area contributed by atoms with Gasteiger partial charge in [0.1, 0.15) is 17.1 Å². The van der Waals surface area contributed by atoms with Gasteiger partial charge in [-0.3, -0.25) is 4.79 Å². The van der Waals surface area contributed by atoms with Gasteiger partial charge in [-0.2, -0.15) is 0 Å². The molecule has 0 aliphatic rings. The van der Waals surface area contributed by atoms with E-state index in [-0.39, 0.29) is 5.91 Å². The molecular weight excluding hydrogens is 362 g/mol. The highest BCUT2D eigenvalue weighted by molar-refractivity contribution is 6.16. The van der Waals surface area contributed by atoms with Gasteiger partial charge in [-0.1, -0.05) is 36.4 Å². The number of furan rings is 1. The highest BCUT2D eigenvalue weighted by Gasteiger charge is 2.23. The van der Waals surface area contributed by atoms with Crippen molar-refractivity contribution in [3.8, 4) is 17.1 Å². The third-order valence-electron chi connectivity index (χ3n) is 5.00. The van der Waals surface area contributed by atoms with E-state index in [9.17, 15) is 4.79 Å². The van der Waals surface area contributed by atoms with Crippen molar-refractivity contribution in [1.82, 2.24) is 0 Å². The van der Waals surface area contributed by atoms with Gasteiger partial charge in [-0.15, -0.1) is 0 Å². The standard InChI is InChI=1S/C25H23NO3/c1-4-28-20-12-13-22-21(15-20)23(24(29-22)18-8-6-5-7-9-18)25(27)26-19-11-10-16(2)17(3)14-19/h5-15H,4H2,1-3H3,(H,26,27). The summed E-state index contributed by atoms with van der Waals surface area (Å²) in [5.74, 6) is 1.05. The number of anilines is 1. The molecule has 146 valence electrons. The first-order chi connectivity index (χ1) is 14.1. The van der Waals surface area contributed by atoms with Gasteiger partial charge in [0.05, 0.1) is 12.2 Å². The molecule has 0 saturated carbocycles. The Morgan fingerprint density at radius 1 is 0.966 bits per heavy atom. The average molecular weight is 385 g/mol. The Balaban J connectivity index is 1.83. The van der Waals surface area contributed by atoms with Gasteiger partial charge in [-0.05, 0) is 62.2 Å². The summed E-state index contributed by atoms with van der Waals surface area (Å²) in [6.45, 7) is 6.57. The summed E-state index contributed by atoms with van der Waals surface area (Å²) in [6, 6.07) is 21.1. The maximum atomic E-state index is 13.3. The molecule has 4 rings (SSSR count). The number of benzene rings is 3. The van der Waals surface area contributed by atoms with Crippen molar-refractivity contribution in [1.29, 1.82) is 0 Å². The van der Waals surface area contributed by atoms with Gasteiger partial charge in [0, 0.05) is 16.6 Å². The van der Waals surface area contributed by atoms with Crippen molar-refractivity contribution >= 4 is 22.6 Å². The van der Waals surface area contributed by atoms with E-state index >= 15 is 0 Å². The minimum atomic E-state index is -0.209. The van der Waals surface area contributed by atoms with Crippen LogP contribution in [0.4, 0.5) is 5.69 Å². The number of hydrogen-bond donors (Lipinski definition) is 1. The second kappa shape index (κ2) is 7.84. The number of ether oxygens (including phenoxy) is 1. The Hall–Kier alpha value is -3.53. The second-order valence-corrected chi connectivity index (χ2v) is 7.02. The maximum absolute atomic E-state index is 13.3. The van der Waals surface area contributed by atoms with Crippen LogP contribution in [-0.4, -0.2) is 12.5 Å². The molecule has 4 heteroatoms. The highest BCUT2D eigenvalue weighted by atomic mass is 16.5. The average Bonchev–Trinajstić information content (AvgIpc) is 3.10. The van der Waals surface area contributed by atoms with E-state index < -0.39 is 0 Å². The predicted molar refractivity (Wildman–Crippen MR) is 117 cm³/mol. The van der Waals surface area contributed by atoms with Crippen LogP contribution < -0.4 is 10.1 Å². The van der Waals surface area contributed by atoms with Gasteiger partial charge in [0.15, 0.2) is 0 Å². The van der Waals surface area contributed by atoms with Crippen molar-refractivity contribution in [3.05, 3.63) is 83.4 Å². The minimum Gasteiger partial charge on any atom is -0.494 e. The third kappa shape index (κ3) is 3.74. The lowest BCUT2D eigenvalue weighted by molar-refractivity contribution is 0.102. The summed E-state index contributed by atoms with van der Waals surface area (Å²) in [4.78, 5) is 13.3. The van der Waals surface area contributed by atoms with Crippen LogP contribution >= 0.6 is 0 Å². The number of fused-ring (bicyclic) bond motifs is 1. The first kappa shape index (κ1) is 18.8.